The molecule has 0 atom stereocenters. The molecule has 7 nitrogen and oxygen atoms in total. The molecule has 0 aliphatic carbocycles. The molecule has 0 saturated heterocycles. The Kier molecular flexibility index (Phi) is 6.08. The van der Waals surface area contributed by atoms with E-state index < -0.39 is 0 Å². The van der Waals surface area contributed by atoms with Gasteiger partial charge < -0.3 is 20.4 Å². The molecular weight excluding hydrogens is 395 g/mol. The van der Waals surface area contributed by atoms with Crippen molar-refractivity contribution in [1.29, 1.82) is 0 Å². The van der Waals surface area contributed by atoms with Crippen molar-refractivity contribution < 1.29 is 9.13 Å². The molecule has 0 bridgehead atoms. The zero-order valence-corrected chi connectivity index (χ0v) is 17.7. The largest absolute Gasteiger partial charge is 0.383 e. The monoisotopic (exact) mass is 420 g/mol. The van der Waals surface area contributed by atoms with E-state index in [0.717, 1.165) is 33.5 Å². The van der Waals surface area contributed by atoms with Crippen molar-refractivity contribution in [3.05, 3.63) is 60.3 Å². The molecule has 0 aliphatic heterocycles. The minimum Gasteiger partial charge on any atom is -0.383 e. The summed E-state index contributed by atoms with van der Waals surface area (Å²) in [7, 11) is 1.67. The highest BCUT2D eigenvalue weighted by atomic mass is 19.1. The highest BCUT2D eigenvalue weighted by Gasteiger charge is 2.15. The molecule has 8 heteroatoms. The number of nitrogens with zero attached hydrogens (tertiary/aromatic N) is 3. The van der Waals surface area contributed by atoms with Gasteiger partial charge in [0, 0.05) is 43.4 Å². The highest BCUT2D eigenvalue weighted by Crippen LogP contribution is 2.33. The number of hydrogen-bond donors (Lipinski definition) is 3. The molecule has 0 amide bonds. The Morgan fingerprint density at radius 3 is 2.65 bits per heavy atom. The first-order valence-electron chi connectivity index (χ1n) is 10.2. The van der Waals surface area contributed by atoms with Crippen molar-refractivity contribution in [3.63, 3.8) is 0 Å². The zero-order chi connectivity index (χ0) is 21.8. The lowest BCUT2D eigenvalue weighted by molar-refractivity contribution is 0.211. The molecule has 1 aromatic carbocycles. The van der Waals surface area contributed by atoms with Crippen LogP contribution in [-0.2, 0) is 4.74 Å². The number of benzene rings is 1. The molecule has 0 aliphatic rings. The number of pyridine rings is 1. The van der Waals surface area contributed by atoms with Gasteiger partial charge in [-0.05, 0) is 36.2 Å². The van der Waals surface area contributed by atoms with Crippen molar-refractivity contribution in [1.82, 2.24) is 19.9 Å². The molecule has 3 heterocycles. The number of aromatic nitrogens is 4. The van der Waals surface area contributed by atoms with E-state index in [9.17, 15) is 4.39 Å². The van der Waals surface area contributed by atoms with Gasteiger partial charge in [-0.25, -0.2) is 19.3 Å². The number of hydrogen-bond acceptors (Lipinski definition) is 6. The Morgan fingerprint density at radius 2 is 1.90 bits per heavy atom. The molecule has 4 aromatic rings. The quantitative estimate of drug-likeness (QED) is 0.344. The van der Waals surface area contributed by atoms with E-state index in [1.165, 1.54) is 12.1 Å². The van der Waals surface area contributed by atoms with Crippen molar-refractivity contribution in [2.75, 3.05) is 30.9 Å². The summed E-state index contributed by atoms with van der Waals surface area (Å²) in [5.41, 5.74) is 4.31. The van der Waals surface area contributed by atoms with Gasteiger partial charge in [0.1, 0.15) is 17.3 Å². The van der Waals surface area contributed by atoms with Gasteiger partial charge in [-0.2, -0.15) is 0 Å². The lowest BCUT2D eigenvalue weighted by Gasteiger charge is -2.16. The Bertz CT molecular complexity index is 1170. The van der Waals surface area contributed by atoms with Gasteiger partial charge in [0.2, 0.25) is 0 Å². The maximum absolute atomic E-state index is 13.3. The predicted molar refractivity (Wildman–Crippen MR) is 121 cm³/mol. The number of fused-ring (bicyclic) bond motifs is 1. The van der Waals surface area contributed by atoms with Crippen LogP contribution >= 0.6 is 0 Å². The van der Waals surface area contributed by atoms with Gasteiger partial charge >= 0.3 is 0 Å². The van der Waals surface area contributed by atoms with Gasteiger partial charge in [-0.15, -0.1) is 0 Å². The fourth-order valence-electron chi connectivity index (χ4n) is 3.37. The number of rotatable bonds is 8. The summed E-state index contributed by atoms with van der Waals surface area (Å²) in [4.78, 5) is 16.9. The third-order valence-electron chi connectivity index (χ3n) is 4.99. The molecule has 0 spiro atoms. The predicted octanol–water partition coefficient (Wildman–Crippen LogP) is 5.08. The van der Waals surface area contributed by atoms with E-state index in [0.29, 0.717) is 24.8 Å². The average Bonchev–Trinajstić information content (AvgIpc) is 3.18. The third-order valence-corrected chi connectivity index (χ3v) is 4.99. The van der Waals surface area contributed by atoms with Gasteiger partial charge in [0.05, 0.1) is 23.4 Å². The molecule has 0 saturated carbocycles. The first-order valence-corrected chi connectivity index (χ1v) is 10.2. The van der Waals surface area contributed by atoms with Gasteiger partial charge in [-0.3, -0.25) is 0 Å². The Hall–Kier alpha value is -3.52. The van der Waals surface area contributed by atoms with Crippen LogP contribution in [0.1, 0.15) is 25.3 Å². The second kappa shape index (κ2) is 9.09. The van der Waals surface area contributed by atoms with Crippen molar-refractivity contribution in [2.45, 2.75) is 19.8 Å². The smallest absolute Gasteiger partial charge is 0.161 e. The summed E-state index contributed by atoms with van der Waals surface area (Å²) in [6.07, 6.45) is 5.47. The van der Waals surface area contributed by atoms with Crippen molar-refractivity contribution in [3.8, 4) is 11.4 Å². The Balaban J connectivity index is 1.74. The van der Waals surface area contributed by atoms with Crippen LogP contribution in [0.2, 0.25) is 0 Å². The lowest BCUT2D eigenvalue weighted by atomic mass is 10.1. The van der Waals surface area contributed by atoms with E-state index in [4.69, 9.17) is 9.72 Å². The van der Waals surface area contributed by atoms with Gasteiger partial charge in [0.15, 0.2) is 5.82 Å². The number of halogens is 1. The van der Waals surface area contributed by atoms with E-state index in [1.807, 2.05) is 18.5 Å². The fraction of sp³-hybridized carbons (Fsp3) is 0.261. The van der Waals surface area contributed by atoms with Crippen LogP contribution in [-0.4, -0.2) is 40.2 Å². The first kappa shape index (κ1) is 20.7. The van der Waals surface area contributed by atoms with E-state index in [-0.39, 0.29) is 11.7 Å². The lowest BCUT2D eigenvalue weighted by Crippen LogP contribution is -2.08. The van der Waals surface area contributed by atoms with Crippen LogP contribution < -0.4 is 10.6 Å². The molecular formula is C23H25FN6O. The van der Waals surface area contributed by atoms with Crippen LogP contribution in [0.15, 0.2) is 48.9 Å². The number of aromatic amines is 1. The molecule has 31 heavy (non-hydrogen) atoms. The fourth-order valence-corrected chi connectivity index (χ4v) is 3.37. The van der Waals surface area contributed by atoms with E-state index in [1.54, 1.807) is 25.4 Å². The minimum absolute atomic E-state index is 0.215. The van der Waals surface area contributed by atoms with Crippen LogP contribution in [0.5, 0.6) is 0 Å². The van der Waals surface area contributed by atoms with Crippen LogP contribution in [0.25, 0.3) is 22.4 Å². The topological polar surface area (TPSA) is 87.8 Å². The second-order valence-electron chi connectivity index (χ2n) is 7.49. The highest BCUT2D eigenvalue weighted by molar-refractivity contribution is 6.01. The molecule has 3 aromatic heterocycles. The summed E-state index contributed by atoms with van der Waals surface area (Å²) in [6, 6.07) is 8.09. The molecule has 4 rings (SSSR count). The first-order chi connectivity index (χ1) is 15.1. The number of nitrogens with one attached hydrogen (secondary N) is 3. The molecule has 3 N–H and O–H groups in total. The number of methoxy groups -OCH3 is 1. The normalized spacial score (nSPS) is 11.3. The Labute approximate surface area is 180 Å². The summed E-state index contributed by atoms with van der Waals surface area (Å²) in [6.45, 7) is 5.46. The number of H-pyrrole nitrogens is 1. The molecule has 160 valence electrons. The maximum atomic E-state index is 13.3. The van der Waals surface area contributed by atoms with Crippen LogP contribution in [0.3, 0.4) is 0 Å². The summed E-state index contributed by atoms with van der Waals surface area (Å²) in [5.74, 6) is 1.17. The minimum atomic E-state index is -0.291. The molecule has 0 unspecified atom stereocenters. The SMILES string of the molecule is COCCNc1c[nH]c2nccc(Nc3nc(-c4ccc(F)cc4)ncc3C(C)C)c12. The maximum Gasteiger partial charge on any atom is 0.161 e. The number of ether oxygens (including phenoxy) is 1. The van der Waals surface area contributed by atoms with Crippen molar-refractivity contribution >= 4 is 28.2 Å². The summed E-state index contributed by atoms with van der Waals surface area (Å²) >= 11 is 0. The van der Waals surface area contributed by atoms with Gasteiger partial charge in [-0.1, -0.05) is 13.8 Å². The summed E-state index contributed by atoms with van der Waals surface area (Å²) < 4.78 is 18.5. The molecule has 0 radical (unpaired) electrons. The van der Waals surface area contributed by atoms with Crippen LogP contribution in [0, 0.1) is 5.82 Å². The average molecular weight is 420 g/mol. The summed E-state index contributed by atoms with van der Waals surface area (Å²) in [5, 5.41) is 7.79. The second-order valence-corrected chi connectivity index (χ2v) is 7.49. The van der Waals surface area contributed by atoms with Crippen molar-refractivity contribution in [2.24, 2.45) is 0 Å². The molecule has 0 fully saturated rings. The van der Waals surface area contributed by atoms with E-state index >= 15 is 0 Å². The third kappa shape index (κ3) is 4.49. The number of anilines is 3. The Morgan fingerprint density at radius 1 is 1.10 bits per heavy atom. The van der Waals surface area contributed by atoms with E-state index in [2.05, 4.69) is 39.4 Å². The van der Waals surface area contributed by atoms with Crippen LogP contribution in [0.4, 0.5) is 21.6 Å². The standard InChI is InChI=1S/C23H25FN6O/c1-14(2)17-12-27-21(15-4-6-16(24)7-5-15)30-22(17)29-18-8-9-26-23-20(18)19(13-28-23)25-10-11-31-3/h4-9,12-14,25H,10-11H2,1-3H3,(H2,26,27,28,29,30). The zero-order valence-electron chi connectivity index (χ0n) is 17.7. The van der Waals surface area contributed by atoms with Gasteiger partial charge in [0.25, 0.3) is 0 Å².